The van der Waals surface area contributed by atoms with E-state index in [9.17, 15) is 19.5 Å². The van der Waals surface area contributed by atoms with Crippen LogP contribution >= 0.6 is 0 Å². The molecule has 0 amide bonds. The Hall–Kier alpha value is -3.23. The predicted molar refractivity (Wildman–Crippen MR) is 212 cm³/mol. The number of likely N-dealkylation sites (N-methyl/N-ethyl adjacent to an activating group) is 1. The van der Waals surface area contributed by atoms with Crippen LogP contribution in [-0.4, -0.2) is 75.5 Å². The number of hydrogen-bond donors (Lipinski definition) is 0. The third-order valence-corrected chi connectivity index (χ3v) is 8.34. The Morgan fingerprint density at radius 2 is 1.12 bits per heavy atom. The highest BCUT2D eigenvalue weighted by atomic mass is 16.6. The van der Waals surface area contributed by atoms with Crippen molar-refractivity contribution in [3.8, 4) is 0 Å². The Labute approximate surface area is 317 Å². The molecule has 52 heavy (non-hydrogen) atoms. The lowest BCUT2D eigenvalue weighted by atomic mass is 10.1. The second kappa shape index (κ2) is 34.8. The molecule has 2 atom stereocenters. The molecule has 0 saturated heterocycles. The van der Waals surface area contributed by atoms with Gasteiger partial charge in [-0.05, 0) is 70.6 Å². The largest absolute Gasteiger partial charge is 0.544 e. The Kier molecular flexibility index (Phi) is 32.7. The zero-order valence-electron chi connectivity index (χ0n) is 33.4. The molecule has 0 aromatic heterocycles. The highest BCUT2D eigenvalue weighted by Crippen LogP contribution is 2.10. The first-order valence-corrected chi connectivity index (χ1v) is 20.0. The minimum atomic E-state index is -1.14. The van der Waals surface area contributed by atoms with Crippen LogP contribution in [0.2, 0.25) is 0 Å². The average Bonchev–Trinajstić information content (AvgIpc) is 3.09. The molecule has 0 aliphatic rings. The van der Waals surface area contributed by atoms with Crippen LogP contribution in [0.5, 0.6) is 0 Å². The van der Waals surface area contributed by atoms with Crippen molar-refractivity contribution in [1.29, 1.82) is 0 Å². The maximum atomic E-state index is 12.6. The second-order valence-electron chi connectivity index (χ2n) is 14.2. The molecule has 0 aliphatic carbocycles. The molecule has 2 unspecified atom stereocenters. The van der Waals surface area contributed by atoms with Crippen molar-refractivity contribution in [3.05, 3.63) is 72.9 Å². The monoisotopic (exact) mass is 728 g/mol. The Morgan fingerprint density at radius 1 is 0.596 bits per heavy atom. The maximum Gasteiger partial charge on any atom is 0.306 e. The molecular weight excluding hydrogens is 654 g/mol. The number of allylic oxidation sites excluding steroid dienone is 12. The zero-order valence-corrected chi connectivity index (χ0v) is 33.4. The van der Waals surface area contributed by atoms with Crippen LogP contribution in [0.3, 0.4) is 0 Å². The number of rotatable bonds is 34. The number of ether oxygens (including phenoxy) is 3. The predicted octanol–water partition coefficient (Wildman–Crippen LogP) is 9.07. The van der Waals surface area contributed by atoms with Gasteiger partial charge >= 0.3 is 11.9 Å². The van der Waals surface area contributed by atoms with Gasteiger partial charge in [0.1, 0.15) is 12.6 Å². The van der Waals surface area contributed by atoms with Gasteiger partial charge in [0.25, 0.3) is 0 Å². The zero-order chi connectivity index (χ0) is 38.5. The molecule has 0 N–H and O–H groups in total. The Balaban J connectivity index is 4.53. The van der Waals surface area contributed by atoms with E-state index in [4.69, 9.17) is 14.2 Å². The van der Waals surface area contributed by atoms with Crippen molar-refractivity contribution in [3.63, 3.8) is 0 Å². The van der Waals surface area contributed by atoms with Crippen LogP contribution in [0.25, 0.3) is 0 Å². The van der Waals surface area contributed by atoms with E-state index in [-0.39, 0.29) is 55.5 Å². The molecule has 0 fully saturated rings. The number of nitrogens with zero attached hydrogens (tertiary/aromatic N) is 1. The lowest BCUT2D eigenvalue weighted by molar-refractivity contribution is -0.889. The van der Waals surface area contributed by atoms with E-state index < -0.39 is 18.1 Å². The van der Waals surface area contributed by atoms with Crippen molar-refractivity contribution in [2.75, 3.05) is 41.0 Å². The fourth-order valence-corrected chi connectivity index (χ4v) is 5.16. The Bertz CT molecular complexity index is 1080. The molecule has 296 valence electrons. The van der Waals surface area contributed by atoms with Crippen LogP contribution < -0.4 is 5.11 Å². The molecule has 0 radical (unpaired) electrons. The summed E-state index contributed by atoms with van der Waals surface area (Å²) < 4.78 is 17.0. The van der Waals surface area contributed by atoms with E-state index in [1.807, 2.05) is 0 Å². The van der Waals surface area contributed by atoms with Gasteiger partial charge in [-0.25, -0.2) is 0 Å². The summed E-state index contributed by atoms with van der Waals surface area (Å²) in [5, 5.41) is 11.6. The number of carbonyl (C=O) groups is 3. The number of esters is 2. The van der Waals surface area contributed by atoms with Gasteiger partial charge in [0.2, 0.25) is 0 Å². The number of carboxylic acids is 1. The normalized spacial score (nSPS) is 13.8. The van der Waals surface area contributed by atoms with Gasteiger partial charge in [-0.1, -0.05) is 119 Å². The molecule has 8 nitrogen and oxygen atoms in total. The van der Waals surface area contributed by atoms with Gasteiger partial charge in [0.05, 0.1) is 40.3 Å². The van der Waals surface area contributed by atoms with Crippen LogP contribution in [0.4, 0.5) is 0 Å². The quantitative estimate of drug-likeness (QED) is 0.0214. The first kappa shape index (κ1) is 48.8. The Morgan fingerprint density at radius 3 is 1.69 bits per heavy atom. The smallest absolute Gasteiger partial charge is 0.306 e. The van der Waals surface area contributed by atoms with Crippen molar-refractivity contribution >= 4 is 17.9 Å². The van der Waals surface area contributed by atoms with E-state index in [0.29, 0.717) is 12.8 Å². The van der Waals surface area contributed by atoms with Gasteiger partial charge in [-0.2, -0.15) is 0 Å². The molecule has 0 rings (SSSR count). The highest BCUT2D eigenvalue weighted by Gasteiger charge is 2.25. The van der Waals surface area contributed by atoms with E-state index in [1.54, 1.807) is 21.1 Å². The summed E-state index contributed by atoms with van der Waals surface area (Å²) >= 11 is 0. The fraction of sp³-hybridized carbons (Fsp3) is 0.659. The molecule has 0 spiro atoms. The first-order chi connectivity index (χ1) is 25.1. The van der Waals surface area contributed by atoms with Crippen LogP contribution in [0.15, 0.2) is 72.9 Å². The number of quaternary nitrogens is 1. The summed E-state index contributed by atoms with van der Waals surface area (Å²) in [6, 6.07) is -0.740. The standard InChI is InChI=1S/C44H73NO7/c1-6-8-10-12-14-16-18-19-20-21-22-23-25-26-28-30-32-34-42(46)51-39-40(38-50-37-36-41(44(48)49)45(3,4)5)52-43(47)35-33-31-29-27-24-17-15-13-11-9-7-2/h13-17,19-20,22-24,26,28,40-41H,6-12,18,21,25,27,29-39H2,1-5H3/b15-13+,16-14+,20-19+,23-22+,24-17+,28-26+. The minimum Gasteiger partial charge on any atom is -0.544 e. The van der Waals surface area contributed by atoms with Crippen molar-refractivity contribution in [1.82, 2.24) is 0 Å². The van der Waals surface area contributed by atoms with Crippen molar-refractivity contribution in [2.45, 2.75) is 148 Å². The molecule has 0 heterocycles. The number of carboxylic acid groups (broad SMARTS) is 1. The van der Waals surface area contributed by atoms with Crippen molar-refractivity contribution in [2.24, 2.45) is 0 Å². The maximum absolute atomic E-state index is 12.6. The molecule has 0 aromatic rings. The SMILES string of the molecule is CCCC/C=C/C=C/CCCCCC(=O)OC(COCCC(C(=O)[O-])[N+](C)(C)C)COC(=O)CCC/C=C/C/C=C/C/C=C/C/C=C/CCCCC. The summed E-state index contributed by atoms with van der Waals surface area (Å²) in [5.41, 5.74) is 0. The van der Waals surface area contributed by atoms with Gasteiger partial charge in [-0.15, -0.1) is 0 Å². The molecule has 0 bridgehead atoms. The molecule has 0 saturated carbocycles. The van der Waals surface area contributed by atoms with Gasteiger partial charge in [-0.3, -0.25) is 9.59 Å². The van der Waals surface area contributed by atoms with Crippen LogP contribution in [0, 0.1) is 0 Å². The van der Waals surface area contributed by atoms with E-state index in [1.165, 1.54) is 38.5 Å². The lowest BCUT2D eigenvalue weighted by Gasteiger charge is -2.34. The van der Waals surface area contributed by atoms with Gasteiger partial charge in [0, 0.05) is 19.3 Å². The van der Waals surface area contributed by atoms with Crippen molar-refractivity contribution < 1.29 is 38.2 Å². The van der Waals surface area contributed by atoms with Gasteiger partial charge < -0.3 is 28.6 Å². The number of hydrogen-bond acceptors (Lipinski definition) is 7. The molecule has 0 aromatic carbocycles. The second-order valence-corrected chi connectivity index (χ2v) is 14.2. The third kappa shape index (κ3) is 32.7. The van der Waals surface area contributed by atoms with Crippen LogP contribution in [-0.2, 0) is 28.6 Å². The number of unbranched alkanes of at least 4 members (excludes halogenated alkanes) is 9. The summed E-state index contributed by atoms with van der Waals surface area (Å²) in [4.78, 5) is 36.6. The number of carbonyl (C=O) groups excluding carboxylic acids is 3. The minimum absolute atomic E-state index is 0.00865. The summed E-state index contributed by atoms with van der Waals surface area (Å²) in [5.74, 6) is -1.86. The van der Waals surface area contributed by atoms with Gasteiger partial charge in [0.15, 0.2) is 6.10 Å². The summed E-state index contributed by atoms with van der Waals surface area (Å²) in [7, 11) is 5.36. The topological polar surface area (TPSA) is 102 Å². The summed E-state index contributed by atoms with van der Waals surface area (Å²) in [6.07, 6.45) is 42.2. The van der Waals surface area contributed by atoms with E-state index in [2.05, 4.69) is 86.8 Å². The highest BCUT2D eigenvalue weighted by molar-refractivity contribution is 5.70. The molecular formula is C44H73NO7. The van der Waals surface area contributed by atoms with E-state index in [0.717, 1.165) is 51.4 Å². The number of aliphatic carboxylic acids is 1. The molecule has 8 heteroatoms. The average molecular weight is 728 g/mol. The van der Waals surface area contributed by atoms with Crippen LogP contribution in [0.1, 0.15) is 136 Å². The summed E-state index contributed by atoms with van der Waals surface area (Å²) in [6.45, 7) is 4.46. The van der Waals surface area contributed by atoms with E-state index >= 15 is 0 Å². The fourth-order valence-electron chi connectivity index (χ4n) is 5.16. The lowest BCUT2D eigenvalue weighted by Crippen LogP contribution is -2.55. The molecule has 0 aliphatic heterocycles. The first-order valence-electron chi connectivity index (χ1n) is 20.0. The third-order valence-electron chi connectivity index (χ3n) is 8.34.